The molecule has 0 radical (unpaired) electrons. The van der Waals surface area contributed by atoms with Crippen LogP contribution < -0.4 is 5.32 Å². The minimum Gasteiger partial charge on any atom is -0.311 e. The molecule has 0 aliphatic carbocycles. The molecule has 0 spiro atoms. The van der Waals surface area contributed by atoms with E-state index >= 15 is 0 Å². The molecule has 0 saturated heterocycles. The highest BCUT2D eigenvalue weighted by molar-refractivity contribution is 9.11. The molecular weight excluding hydrogens is 322 g/mol. The Labute approximate surface area is 107 Å². The van der Waals surface area contributed by atoms with Crippen LogP contribution >= 0.6 is 38.9 Å². The molecule has 0 aliphatic heterocycles. The number of sulfone groups is 1. The molecule has 3 nitrogen and oxygen atoms in total. The van der Waals surface area contributed by atoms with E-state index in [0.29, 0.717) is 5.02 Å². The number of thiophene rings is 1. The van der Waals surface area contributed by atoms with E-state index in [0.717, 1.165) is 8.66 Å². The second-order valence-corrected chi connectivity index (χ2v) is 8.20. The van der Waals surface area contributed by atoms with Gasteiger partial charge in [0.05, 0.1) is 20.6 Å². The molecule has 7 heteroatoms. The van der Waals surface area contributed by atoms with E-state index < -0.39 is 9.84 Å². The van der Waals surface area contributed by atoms with Crippen LogP contribution in [0.25, 0.3) is 0 Å². The first-order chi connectivity index (χ1) is 6.83. The summed E-state index contributed by atoms with van der Waals surface area (Å²) in [6.45, 7) is 0. The van der Waals surface area contributed by atoms with Crippen LogP contribution in [-0.4, -0.2) is 27.5 Å². The van der Waals surface area contributed by atoms with Gasteiger partial charge < -0.3 is 5.32 Å². The standard InChI is InChI=1S/C8H11BrClNO2S2/c1-11-6(4-15(2,12)13)7-3-5(10)8(9)14-7/h3,6,11H,4H2,1-2H3. The van der Waals surface area contributed by atoms with Crippen molar-refractivity contribution in [2.45, 2.75) is 6.04 Å². The first-order valence-electron chi connectivity index (χ1n) is 4.13. The summed E-state index contributed by atoms with van der Waals surface area (Å²) in [5, 5.41) is 3.58. The SMILES string of the molecule is CNC(CS(C)(=O)=O)c1cc(Cl)c(Br)s1. The van der Waals surface area contributed by atoms with Crippen molar-refractivity contribution in [2.24, 2.45) is 0 Å². The molecule has 0 fully saturated rings. The Morgan fingerprint density at radius 1 is 1.67 bits per heavy atom. The number of nitrogens with one attached hydrogen (secondary N) is 1. The molecule has 0 aliphatic rings. The fraction of sp³-hybridized carbons (Fsp3) is 0.500. The molecule has 0 aromatic carbocycles. The summed E-state index contributed by atoms with van der Waals surface area (Å²) >= 11 is 10.6. The fourth-order valence-corrected chi connectivity index (χ4v) is 4.06. The van der Waals surface area contributed by atoms with Crippen LogP contribution in [0.5, 0.6) is 0 Å². The lowest BCUT2D eigenvalue weighted by Gasteiger charge is -2.12. The number of hydrogen-bond acceptors (Lipinski definition) is 4. The molecule has 1 aromatic rings. The summed E-state index contributed by atoms with van der Waals surface area (Å²) in [5.74, 6) is 0.0762. The molecule has 86 valence electrons. The van der Waals surface area contributed by atoms with Gasteiger partial charge in [-0.05, 0) is 29.0 Å². The van der Waals surface area contributed by atoms with Crippen LogP contribution in [0.2, 0.25) is 5.02 Å². The Balaban J connectivity index is 2.93. The third-order valence-electron chi connectivity index (χ3n) is 1.83. The van der Waals surface area contributed by atoms with Gasteiger partial charge in [-0.15, -0.1) is 11.3 Å². The van der Waals surface area contributed by atoms with Gasteiger partial charge in [-0.2, -0.15) is 0 Å². The first-order valence-corrected chi connectivity index (χ1v) is 8.18. The molecule has 0 saturated carbocycles. The van der Waals surface area contributed by atoms with Gasteiger partial charge in [0.2, 0.25) is 0 Å². The maximum atomic E-state index is 11.2. The molecule has 1 aromatic heterocycles. The normalized spacial score (nSPS) is 14.1. The minimum atomic E-state index is -3.00. The van der Waals surface area contributed by atoms with Crippen molar-refractivity contribution < 1.29 is 8.42 Å². The third-order valence-corrected chi connectivity index (χ3v) is 5.35. The number of rotatable bonds is 4. The van der Waals surface area contributed by atoms with Gasteiger partial charge in [0, 0.05) is 11.1 Å². The summed E-state index contributed by atoms with van der Waals surface area (Å²) in [7, 11) is -1.27. The Kier molecular flexibility index (Phi) is 4.61. The summed E-state index contributed by atoms with van der Waals surface area (Å²) in [4.78, 5) is 0.916. The lowest BCUT2D eigenvalue weighted by atomic mass is 10.3. The Morgan fingerprint density at radius 3 is 2.60 bits per heavy atom. The number of hydrogen-bond donors (Lipinski definition) is 1. The second-order valence-electron chi connectivity index (χ2n) is 3.20. The highest BCUT2D eigenvalue weighted by atomic mass is 79.9. The average Bonchev–Trinajstić information content (AvgIpc) is 2.41. The quantitative estimate of drug-likeness (QED) is 0.921. The zero-order valence-corrected chi connectivity index (χ0v) is 12.2. The lowest BCUT2D eigenvalue weighted by Crippen LogP contribution is -2.23. The molecule has 0 amide bonds. The Bertz CT molecular complexity index is 424. The molecule has 1 heterocycles. The van der Waals surface area contributed by atoms with Crippen molar-refractivity contribution in [3.63, 3.8) is 0 Å². The molecular formula is C8H11BrClNO2S2. The maximum Gasteiger partial charge on any atom is 0.149 e. The van der Waals surface area contributed by atoms with Gasteiger partial charge in [0.1, 0.15) is 9.84 Å². The van der Waals surface area contributed by atoms with Gasteiger partial charge >= 0.3 is 0 Å². The summed E-state index contributed by atoms with van der Waals surface area (Å²) in [6.07, 6.45) is 1.22. The zero-order valence-electron chi connectivity index (χ0n) is 8.25. The monoisotopic (exact) mass is 331 g/mol. The minimum absolute atomic E-state index is 0.0762. The van der Waals surface area contributed by atoms with E-state index in [1.54, 1.807) is 13.1 Å². The summed E-state index contributed by atoms with van der Waals surface area (Å²) < 4.78 is 23.2. The topological polar surface area (TPSA) is 46.2 Å². The van der Waals surface area contributed by atoms with Crippen molar-refractivity contribution >= 4 is 48.7 Å². The average molecular weight is 333 g/mol. The van der Waals surface area contributed by atoms with Crippen LogP contribution in [0.3, 0.4) is 0 Å². The number of halogens is 2. The van der Waals surface area contributed by atoms with E-state index in [-0.39, 0.29) is 11.8 Å². The van der Waals surface area contributed by atoms with Gasteiger partial charge in [0.15, 0.2) is 0 Å². The molecule has 1 atom stereocenters. The van der Waals surface area contributed by atoms with E-state index in [1.807, 2.05) is 0 Å². The van der Waals surface area contributed by atoms with Crippen LogP contribution in [-0.2, 0) is 9.84 Å². The van der Waals surface area contributed by atoms with Crippen LogP contribution in [0.4, 0.5) is 0 Å². The third kappa shape index (κ3) is 4.03. The smallest absolute Gasteiger partial charge is 0.149 e. The van der Waals surface area contributed by atoms with Crippen LogP contribution in [0.1, 0.15) is 10.9 Å². The first kappa shape index (κ1) is 13.4. The van der Waals surface area contributed by atoms with Crippen molar-refractivity contribution in [3.8, 4) is 0 Å². The van der Waals surface area contributed by atoms with Gasteiger partial charge in [-0.25, -0.2) is 8.42 Å². The van der Waals surface area contributed by atoms with Crippen molar-refractivity contribution in [2.75, 3.05) is 19.1 Å². The molecule has 1 N–H and O–H groups in total. The lowest BCUT2D eigenvalue weighted by molar-refractivity contribution is 0.582. The predicted octanol–water partition coefficient (Wildman–Crippen LogP) is 2.47. The van der Waals surface area contributed by atoms with E-state index in [2.05, 4.69) is 21.2 Å². The fourth-order valence-electron chi connectivity index (χ4n) is 1.15. The van der Waals surface area contributed by atoms with Crippen molar-refractivity contribution in [1.82, 2.24) is 5.32 Å². The van der Waals surface area contributed by atoms with Gasteiger partial charge in [-0.3, -0.25) is 0 Å². The molecule has 1 rings (SSSR count). The maximum absolute atomic E-state index is 11.2. The van der Waals surface area contributed by atoms with Crippen LogP contribution in [0, 0.1) is 0 Å². The molecule has 1 unspecified atom stereocenters. The Morgan fingerprint density at radius 2 is 2.27 bits per heavy atom. The van der Waals surface area contributed by atoms with Crippen LogP contribution in [0.15, 0.2) is 9.85 Å². The van der Waals surface area contributed by atoms with Gasteiger partial charge in [-0.1, -0.05) is 11.6 Å². The largest absolute Gasteiger partial charge is 0.311 e. The Hall–Kier alpha value is 0.380. The van der Waals surface area contributed by atoms with E-state index in [4.69, 9.17) is 11.6 Å². The summed E-state index contributed by atoms with van der Waals surface area (Å²) in [5.41, 5.74) is 0. The van der Waals surface area contributed by atoms with Gasteiger partial charge in [0.25, 0.3) is 0 Å². The van der Waals surface area contributed by atoms with E-state index in [1.165, 1.54) is 17.6 Å². The van der Waals surface area contributed by atoms with E-state index in [9.17, 15) is 8.42 Å². The highest BCUT2D eigenvalue weighted by Gasteiger charge is 2.18. The highest BCUT2D eigenvalue weighted by Crippen LogP contribution is 2.35. The molecule has 0 bridgehead atoms. The summed E-state index contributed by atoms with van der Waals surface area (Å²) in [6, 6.07) is 1.58. The second kappa shape index (κ2) is 5.14. The zero-order chi connectivity index (χ0) is 11.6. The van der Waals surface area contributed by atoms with Crippen molar-refractivity contribution in [1.29, 1.82) is 0 Å². The predicted molar refractivity (Wildman–Crippen MR) is 68.5 cm³/mol. The molecule has 15 heavy (non-hydrogen) atoms. The van der Waals surface area contributed by atoms with Crippen molar-refractivity contribution in [3.05, 3.63) is 19.8 Å².